The summed E-state index contributed by atoms with van der Waals surface area (Å²) < 4.78 is 14.3. The lowest BCUT2D eigenvalue weighted by Gasteiger charge is -2.23. The fraction of sp³-hybridized carbons (Fsp3) is 0.800. The predicted molar refractivity (Wildman–Crippen MR) is 123 cm³/mol. The summed E-state index contributed by atoms with van der Waals surface area (Å²) in [5, 5.41) is 16.9. The highest BCUT2D eigenvalue weighted by Crippen LogP contribution is 2.47. The van der Waals surface area contributed by atoms with Crippen LogP contribution in [-0.2, 0) is 9.47 Å². The van der Waals surface area contributed by atoms with E-state index in [9.17, 15) is 0 Å². The summed E-state index contributed by atoms with van der Waals surface area (Å²) in [7, 11) is 0. The van der Waals surface area contributed by atoms with E-state index < -0.39 is 5.79 Å². The van der Waals surface area contributed by atoms with Gasteiger partial charge in [-0.2, -0.15) is 0 Å². The van der Waals surface area contributed by atoms with Crippen LogP contribution in [0.5, 0.6) is 0 Å². The lowest BCUT2D eigenvalue weighted by Crippen LogP contribution is -2.28. The first-order valence-electron chi connectivity index (χ1n) is 11.3. The van der Waals surface area contributed by atoms with Gasteiger partial charge in [0.2, 0.25) is 0 Å². The molecule has 1 saturated heterocycles. The number of azide groups is 1. The quantitative estimate of drug-likeness (QED) is 0.138. The third-order valence-corrected chi connectivity index (χ3v) is 6.86. The summed E-state index contributed by atoms with van der Waals surface area (Å²) in [6.07, 6.45) is 3.50. The molecular formula is C20H31N9O2S. The largest absolute Gasteiger partial charge is 0.368 e. The van der Waals surface area contributed by atoms with E-state index in [0.29, 0.717) is 29.3 Å². The van der Waals surface area contributed by atoms with Crippen molar-refractivity contribution in [2.45, 2.75) is 82.6 Å². The van der Waals surface area contributed by atoms with E-state index in [-0.39, 0.29) is 24.2 Å². The lowest BCUT2D eigenvalue weighted by atomic mass is 10.1. The van der Waals surface area contributed by atoms with Crippen molar-refractivity contribution >= 4 is 28.7 Å². The Balaban J connectivity index is 1.71. The highest BCUT2D eigenvalue weighted by Gasteiger charge is 2.55. The third kappa shape index (κ3) is 4.63. The van der Waals surface area contributed by atoms with Crippen molar-refractivity contribution in [3.8, 4) is 0 Å². The Morgan fingerprint density at radius 1 is 1.25 bits per heavy atom. The first-order chi connectivity index (χ1) is 15.5. The summed E-state index contributed by atoms with van der Waals surface area (Å²) in [6.45, 7) is 9.29. The van der Waals surface area contributed by atoms with Crippen molar-refractivity contribution < 1.29 is 9.47 Å². The van der Waals surface area contributed by atoms with E-state index in [1.165, 1.54) is 0 Å². The minimum atomic E-state index is -0.705. The highest BCUT2D eigenvalue weighted by molar-refractivity contribution is 7.99. The fourth-order valence-electron chi connectivity index (χ4n) is 4.41. The van der Waals surface area contributed by atoms with Gasteiger partial charge in [-0.05, 0) is 44.6 Å². The average Bonchev–Trinajstić information content (AvgIpc) is 3.41. The summed E-state index contributed by atoms with van der Waals surface area (Å²) in [6, 6.07) is -0.118. The Kier molecular flexibility index (Phi) is 7.04. The SMILES string of the molecule is CCCCNc1nc(SCCC)nc2c1nnn2[C@H]1C[C@@H](CN=[N+]=[N-])[C@@H]2OC(C)(C)O[C@@H]21. The van der Waals surface area contributed by atoms with Crippen LogP contribution in [0.25, 0.3) is 21.6 Å². The monoisotopic (exact) mass is 461 g/mol. The van der Waals surface area contributed by atoms with Crippen molar-refractivity contribution in [1.82, 2.24) is 25.0 Å². The molecule has 11 nitrogen and oxygen atoms in total. The van der Waals surface area contributed by atoms with Gasteiger partial charge >= 0.3 is 0 Å². The molecule has 2 aliphatic rings. The van der Waals surface area contributed by atoms with Crippen molar-refractivity contribution in [3.05, 3.63) is 10.4 Å². The van der Waals surface area contributed by atoms with Crippen LogP contribution in [-0.4, -0.2) is 61.8 Å². The Labute approximate surface area is 191 Å². The number of unbranched alkanes of at least 4 members (excludes halogenated alkanes) is 1. The van der Waals surface area contributed by atoms with Crippen LogP contribution in [0.4, 0.5) is 5.82 Å². The van der Waals surface area contributed by atoms with Gasteiger partial charge in [-0.15, -0.1) is 5.10 Å². The molecule has 0 aromatic carbocycles. The number of hydrogen-bond donors (Lipinski definition) is 1. The van der Waals surface area contributed by atoms with Crippen molar-refractivity contribution in [2.24, 2.45) is 11.0 Å². The minimum absolute atomic E-state index is 0.0415. The second-order valence-electron chi connectivity index (χ2n) is 8.73. The van der Waals surface area contributed by atoms with Crippen LogP contribution in [0.15, 0.2) is 10.3 Å². The minimum Gasteiger partial charge on any atom is -0.368 e. The molecule has 12 heteroatoms. The molecule has 3 heterocycles. The van der Waals surface area contributed by atoms with Gasteiger partial charge in [0.1, 0.15) is 6.10 Å². The van der Waals surface area contributed by atoms with Crippen LogP contribution >= 0.6 is 11.8 Å². The molecule has 0 spiro atoms. The number of hydrogen-bond acceptors (Lipinski definition) is 9. The molecule has 4 atom stereocenters. The smallest absolute Gasteiger partial charge is 0.191 e. The second-order valence-corrected chi connectivity index (χ2v) is 9.79. The molecule has 32 heavy (non-hydrogen) atoms. The Morgan fingerprint density at radius 3 is 2.81 bits per heavy atom. The Hall–Kier alpha value is -2.14. The van der Waals surface area contributed by atoms with Crippen molar-refractivity contribution in [3.63, 3.8) is 0 Å². The van der Waals surface area contributed by atoms with Gasteiger partial charge < -0.3 is 14.8 Å². The topological polar surface area (TPSA) is 136 Å². The maximum Gasteiger partial charge on any atom is 0.191 e. The molecule has 1 aliphatic carbocycles. The number of nitrogens with zero attached hydrogens (tertiary/aromatic N) is 8. The van der Waals surface area contributed by atoms with Crippen LogP contribution < -0.4 is 5.32 Å². The zero-order valence-corrected chi connectivity index (χ0v) is 19.9. The van der Waals surface area contributed by atoms with Gasteiger partial charge in [-0.1, -0.05) is 42.4 Å². The summed E-state index contributed by atoms with van der Waals surface area (Å²) in [5.74, 6) is 0.995. The first-order valence-corrected chi connectivity index (χ1v) is 12.3. The Bertz CT molecular complexity index is 991. The third-order valence-electron chi connectivity index (χ3n) is 5.81. The predicted octanol–water partition coefficient (Wildman–Crippen LogP) is 4.33. The average molecular weight is 462 g/mol. The molecule has 4 rings (SSSR count). The molecule has 2 fully saturated rings. The van der Waals surface area contributed by atoms with Crippen molar-refractivity contribution in [1.29, 1.82) is 0 Å². The van der Waals surface area contributed by atoms with Gasteiger partial charge in [-0.25, -0.2) is 14.6 Å². The number of fused-ring (bicyclic) bond motifs is 2. The molecular weight excluding hydrogens is 430 g/mol. The molecule has 0 radical (unpaired) electrons. The number of aromatic nitrogens is 5. The molecule has 1 N–H and O–H groups in total. The molecule has 0 bridgehead atoms. The molecule has 174 valence electrons. The molecule has 2 aromatic rings. The Morgan fingerprint density at radius 2 is 2.06 bits per heavy atom. The lowest BCUT2D eigenvalue weighted by molar-refractivity contribution is -0.160. The highest BCUT2D eigenvalue weighted by atomic mass is 32.2. The molecule has 1 saturated carbocycles. The van der Waals surface area contributed by atoms with Crippen LogP contribution in [0, 0.1) is 5.92 Å². The summed E-state index contributed by atoms with van der Waals surface area (Å²) in [4.78, 5) is 12.5. The number of thioether (sulfide) groups is 1. The van der Waals surface area contributed by atoms with E-state index in [2.05, 4.69) is 39.5 Å². The summed E-state index contributed by atoms with van der Waals surface area (Å²) >= 11 is 1.63. The number of nitrogens with one attached hydrogen (secondary N) is 1. The summed E-state index contributed by atoms with van der Waals surface area (Å²) in [5.41, 5.74) is 10.2. The maximum atomic E-state index is 8.81. The van der Waals surface area contributed by atoms with E-state index >= 15 is 0 Å². The normalized spacial score (nSPS) is 26.2. The molecule has 0 amide bonds. The van der Waals surface area contributed by atoms with Crippen LogP contribution in [0.1, 0.15) is 59.4 Å². The number of anilines is 1. The van der Waals surface area contributed by atoms with E-state index in [0.717, 1.165) is 37.4 Å². The molecule has 0 unspecified atom stereocenters. The standard InChI is InChI=1S/C20H31N9O2S/c1-5-7-8-22-17-14-18(25-19(24-17)32-9-6-2)29(28-26-14)13-10-12(11-23-27-21)15-16(13)31-20(3,4)30-15/h12-13,15-16H,5-11H2,1-4H3,(H,22,24,25)/t12-,13-,15-,16+/m0/s1. The van der Waals surface area contributed by atoms with E-state index in [4.69, 9.17) is 25.0 Å². The number of rotatable bonds is 10. The van der Waals surface area contributed by atoms with Gasteiger partial charge in [-0.3, -0.25) is 0 Å². The second kappa shape index (κ2) is 9.78. The van der Waals surface area contributed by atoms with Crippen LogP contribution in [0.2, 0.25) is 0 Å². The van der Waals surface area contributed by atoms with Crippen molar-refractivity contribution in [2.75, 3.05) is 24.2 Å². The van der Waals surface area contributed by atoms with E-state index in [1.54, 1.807) is 11.8 Å². The number of ether oxygens (including phenoxy) is 2. The zero-order valence-electron chi connectivity index (χ0n) is 19.1. The van der Waals surface area contributed by atoms with Gasteiger partial charge in [0, 0.05) is 23.8 Å². The molecule has 1 aliphatic heterocycles. The van der Waals surface area contributed by atoms with Gasteiger partial charge in [0.05, 0.1) is 12.1 Å². The van der Waals surface area contributed by atoms with Gasteiger partial charge in [0.15, 0.2) is 27.9 Å². The van der Waals surface area contributed by atoms with Crippen LogP contribution in [0.3, 0.4) is 0 Å². The van der Waals surface area contributed by atoms with Gasteiger partial charge in [0.25, 0.3) is 0 Å². The van der Waals surface area contributed by atoms with E-state index in [1.807, 2.05) is 18.5 Å². The first kappa shape index (κ1) is 23.0. The maximum absolute atomic E-state index is 8.81. The zero-order chi connectivity index (χ0) is 22.7. The fourth-order valence-corrected chi connectivity index (χ4v) is 5.11. The molecule has 2 aromatic heterocycles.